The van der Waals surface area contributed by atoms with Crippen LogP contribution in [0.1, 0.15) is 13.3 Å². The van der Waals surface area contributed by atoms with E-state index in [2.05, 4.69) is 17.0 Å². The summed E-state index contributed by atoms with van der Waals surface area (Å²) in [4.78, 5) is 11.2. The lowest BCUT2D eigenvalue weighted by atomic mass is 10.3. The molecule has 0 aliphatic heterocycles. The quantitative estimate of drug-likeness (QED) is 0.592. The van der Waals surface area contributed by atoms with Crippen LogP contribution in [0.25, 0.3) is 0 Å². The SMILES string of the molecule is CCCNc1cccc(OC(=O)COC)c1. The number of carbonyl (C=O) groups is 1. The summed E-state index contributed by atoms with van der Waals surface area (Å²) < 4.78 is 9.75. The van der Waals surface area contributed by atoms with Crippen molar-refractivity contribution in [1.82, 2.24) is 0 Å². The average Bonchev–Trinajstić information content (AvgIpc) is 2.27. The normalized spacial score (nSPS) is 9.88. The fourth-order valence-electron chi connectivity index (χ4n) is 1.22. The van der Waals surface area contributed by atoms with E-state index in [1.54, 1.807) is 12.1 Å². The van der Waals surface area contributed by atoms with Gasteiger partial charge in [0.1, 0.15) is 12.4 Å². The van der Waals surface area contributed by atoms with Gasteiger partial charge in [-0.25, -0.2) is 4.79 Å². The van der Waals surface area contributed by atoms with Crippen molar-refractivity contribution < 1.29 is 14.3 Å². The Kier molecular flexibility index (Phi) is 5.36. The monoisotopic (exact) mass is 223 g/mol. The van der Waals surface area contributed by atoms with E-state index in [1.165, 1.54) is 7.11 Å². The highest BCUT2D eigenvalue weighted by molar-refractivity contribution is 5.74. The zero-order valence-corrected chi connectivity index (χ0v) is 9.66. The van der Waals surface area contributed by atoms with E-state index in [1.807, 2.05) is 12.1 Å². The van der Waals surface area contributed by atoms with Crippen LogP contribution in [0.3, 0.4) is 0 Å². The molecule has 0 fully saturated rings. The van der Waals surface area contributed by atoms with Crippen LogP contribution in [-0.2, 0) is 9.53 Å². The number of hydrogen-bond acceptors (Lipinski definition) is 4. The molecule has 0 radical (unpaired) electrons. The highest BCUT2D eigenvalue weighted by Gasteiger charge is 2.04. The van der Waals surface area contributed by atoms with Crippen LogP contribution in [0, 0.1) is 0 Å². The maximum absolute atomic E-state index is 11.2. The molecule has 88 valence electrons. The summed E-state index contributed by atoms with van der Waals surface area (Å²) >= 11 is 0. The third-order valence-corrected chi connectivity index (χ3v) is 1.91. The maximum Gasteiger partial charge on any atom is 0.337 e. The molecular weight excluding hydrogens is 206 g/mol. The van der Waals surface area contributed by atoms with Gasteiger partial charge in [0.15, 0.2) is 0 Å². The van der Waals surface area contributed by atoms with Gasteiger partial charge in [0.2, 0.25) is 0 Å². The van der Waals surface area contributed by atoms with Crippen LogP contribution < -0.4 is 10.1 Å². The lowest BCUT2D eigenvalue weighted by Crippen LogP contribution is -2.14. The summed E-state index contributed by atoms with van der Waals surface area (Å²) in [5, 5.41) is 3.22. The zero-order valence-electron chi connectivity index (χ0n) is 9.66. The lowest BCUT2D eigenvalue weighted by Gasteiger charge is -2.07. The molecule has 0 saturated carbocycles. The third-order valence-electron chi connectivity index (χ3n) is 1.91. The molecule has 0 unspecified atom stereocenters. The Hall–Kier alpha value is -1.55. The molecule has 16 heavy (non-hydrogen) atoms. The second-order valence-corrected chi connectivity index (χ2v) is 3.36. The number of esters is 1. The number of methoxy groups -OCH3 is 1. The van der Waals surface area contributed by atoms with Crippen molar-refractivity contribution >= 4 is 11.7 Å². The van der Waals surface area contributed by atoms with Crippen LogP contribution in [0.15, 0.2) is 24.3 Å². The first-order valence-corrected chi connectivity index (χ1v) is 5.29. The van der Waals surface area contributed by atoms with E-state index in [4.69, 9.17) is 4.74 Å². The first-order valence-electron chi connectivity index (χ1n) is 5.29. The Bertz CT molecular complexity index is 339. The Morgan fingerprint density at radius 2 is 2.25 bits per heavy atom. The molecule has 1 N–H and O–H groups in total. The first kappa shape index (κ1) is 12.5. The van der Waals surface area contributed by atoms with Crippen molar-refractivity contribution in [3.63, 3.8) is 0 Å². The summed E-state index contributed by atoms with van der Waals surface area (Å²) in [5.74, 6) is 0.137. The van der Waals surface area contributed by atoms with Gasteiger partial charge in [0, 0.05) is 25.4 Å². The van der Waals surface area contributed by atoms with E-state index in [0.29, 0.717) is 5.75 Å². The molecule has 0 saturated heterocycles. The topological polar surface area (TPSA) is 47.6 Å². The van der Waals surface area contributed by atoms with E-state index >= 15 is 0 Å². The molecule has 0 spiro atoms. The largest absolute Gasteiger partial charge is 0.425 e. The van der Waals surface area contributed by atoms with Gasteiger partial charge in [-0.05, 0) is 18.6 Å². The van der Waals surface area contributed by atoms with Gasteiger partial charge < -0.3 is 14.8 Å². The Balaban J connectivity index is 2.56. The molecule has 1 rings (SSSR count). The number of benzene rings is 1. The number of carbonyl (C=O) groups excluding carboxylic acids is 1. The maximum atomic E-state index is 11.2. The van der Waals surface area contributed by atoms with Gasteiger partial charge in [-0.2, -0.15) is 0 Å². The smallest absolute Gasteiger partial charge is 0.337 e. The lowest BCUT2D eigenvalue weighted by molar-refractivity contribution is -0.138. The Labute approximate surface area is 95.6 Å². The molecule has 0 aromatic heterocycles. The number of nitrogens with one attached hydrogen (secondary N) is 1. The average molecular weight is 223 g/mol. The Morgan fingerprint density at radius 3 is 2.94 bits per heavy atom. The van der Waals surface area contributed by atoms with Crippen LogP contribution in [-0.4, -0.2) is 26.2 Å². The molecule has 0 aliphatic rings. The summed E-state index contributed by atoms with van der Waals surface area (Å²) in [6.45, 7) is 2.96. The Morgan fingerprint density at radius 1 is 1.44 bits per heavy atom. The molecular formula is C12H17NO3. The van der Waals surface area contributed by atoms with Gasteiger partial charge in [0.25, 0.3) is 0 Å². The molecule has 0 amide bonds. The summed E-state index contributed by atoms with van der Waals surface area (Å²) in [6, 6.07) is 7.31. The standard InChI is InChI=1S/C12H17NO3/c1-3-7-13-10-5-4-6-11(8-10)16-12(14)9-15-2/h4-6,8,13H,3,7,9H2,1-2H3. The van der Waals surface area contributed by atoms with Crippen molar-refractivity contribution in [2.24, 2.45) is 0 Å². The molecule has 0 bridgehead atoms. The van der Waals surface area contributed by atoms with Crippen molar-refractivity contribution in [2.45, 2.75) is 13.3 Å². The second kappa shape index (κ2) is 6.85. The molecule has 1 aromatic rings. The van der Waals surface area contributed by atoms with Crippen molar-refractivity contribution in [1.29, 1.82) is 0 Å². The van der Waals surface area contributed by atoms with Crippen LogP contribution in [0.4, 0.5) is 5.69 Å². The minimum atomic E-state index is -0.393. The van der Waals surface area contributed by atoms with Crippen molar-refractivity contribution in [2.75, 3.05) is 25.6 Å². The summed E-state index contributed by atoms with van der Waals surface area (Å²) in [7, 11) is 1.46. The van der Waals surface area contributed by atoms with Crippen LogP contribution in [0.2, 0.25) is 0 Å². The third kappa shape index (κ3) is 4.31. The second-order valence-electron chi connectivity index (χ2n) is 3.36. The van der Waals surface area contributed by atoms with E-state index in [-0.39, 0.29) is 6.61 Å². The molecule has 4 nitrogen and oxygen atoms in total. The molecule has 0 atom stereocenters. The van der Waals surface area contributed by atoms with Crippen molar-refractivity contribution in [3.05, 3.63) is 24.3 Å². The van der Waals surface area contributed by atoms with Gasteiger partial charge in [0.05, 0.1) is 0 Å². The number of ether oxygens (including phenoxy) is 2. The number of rotatable bonds is 6. The van der Waals surface area contributed by atoms with Gasteiger partial charge in [-0.15, -0.1) is 0 Å². The summed E-state index contributed by atoms with van der Waals surface area (Å²) in [6.07, 6.45) is 1.05. The minimum absolute atomic E-state index is 0.0351. The first-order chi connectivity index (χ1) is 7.76. The van der Waals surface area contributed by atoms with E-state index in [0.717, 1.165) is 18.7 Å². The van der Waals surface area contributed by atoms with Crippen LogP contribution >= 0.6 is 0 Å². The number of anilines is 1. The van der Waals surface area contributed by atoms with Gasteiger partial charge in [-0.1, -0.05) is 13.0 Å². The summed E-state index contributed by atoms with van der Waals surface area (Å²) in [5.41, 5.74) is 0.949. The van der Waals surface area contributed by atoms with Crippen LogP contribution in [0.5, 0.6) is 5.75 Å². The van der Waals surface area contributed by atoms with E-state index < -0.39 is 5.97 Å². The molecule has 1 aromatic carbocycles. The van der Waals surface area contributed by atoms with Gasteiger partial charge in [-0.3, -0.25) is 0 Å². The van der Waals surface area contributed by atoms with Gasteiger partial charge >= 0.3 is 5.97 Å². The molecule has 0 heterocycles. The van der Waals surface area contributed by atoms with E-state index in [9.17, 15) is 4.79 Å². The molecule has 0 aliphatic carbocycles. The fraction of sp³-hybridized carbons (Fsp3) is 0.417. The predicted molar refractivity (Wildman–Crippen MR) is 62.7 cm³/mol. The highest BCUT2D eigenvalue weighted by Crippen LogP contribution is 2.17. The molecule has 4 heteroatoms. The minimum Gasteiger partial charge on any atom is -0.425 e. The fourth-order valence-corrected chi connectivity index (χ4v) is 1.22. The number of hydrogen-bond donors (Lipinski definition) is 1. The zero-order chi connectivity index (χ0) is 11.8. The highest BCUT2D eigenvalue weighted by atomic mass is 16.6. The predicted octanol–water partition coefficient (Wildman–Crippen LogP) is 2.06. The van der Waals surface area contributed by atoms with Crippen molar-refractivity contribution in [3.8, 4) is 5.75 Å².